The average molecular weight is 312 g/mol. The summed E-state index contributed by atoms with van der Waals surface area (Å²) in [7, 11) is 2.02. The van der Waals surface area contributed by atoms with E-state index in [9.17, 15) is 4.79 Å². The van der Waals surface area contributed by atoms with Crippen molar-refractivity contribution >= 4 is 5.91 Å². The molecule has 3 heterocycles. The van der Waals surface area contributed by atoms with Crippen LogP contribution in [0.1, 0.15) is 17.8 Å². The Morgan fingerprint density at radius 3 is 2.61 bits per heavy atom. The Hall–Kier alpha value is -2.14. The Bertz CT molecular complexity index is 629. The molecule has 23 heavy (non-hydrogen) atoms. The fraction of sp³-hybridized carbons (Fsp3) is 0.444. The smallest absolute Gasteiger partial charge is 0.223 e. The summed E-state index contributed by atoms with van der Waals surface area (Å²) in [6, 6.07) is 10.1. The number of carbonyl (C=O) groups excluding carboxylic acids is 1. The van der Waals surface area contributed by atoms with E-state index in [-0.39, 0.29) is 5.91 Å². The van der Waals surface area contributed by atoms with Crippen LogP contribution in [0.2, 0.25) is 0 Å². The molecule has 0 unspecified atom stereocenters. The number of carbonyl (C=O) groups is 1. The van der Waals surface area contributed by atoms with Gasteiger partial charge >= 0.3 is 0 Å². The van der Waals surface area contributed by atoms with Gasteiger partial charge in [-0.15, -0.1) is 0 Å². The van der Waals surface area contributed by atoms with Gasteiger partial charge in [-0.05, 0) is 30.7 Å². The van der Waals surface area contributed by atoms with E-state index >= 15 is 0 Å². The lowest BCUT2D eigenvalue weighted by molar-refractivity contribution is -0.133. The molecule has 1 amide bonds. The molecular formula is C18H24N4O. The van der Waals surface area contributed by atoms with Crippen molar-refractivity contribution in [2.75, 3.05) is 26.2 Å². The minimum atomic E-state index is 0.267. The van der Waals surface area contributed by atoms with Gasteiger partial charge in [-0.1, -0.05) is 6.07 Å². The Labute approximate surface area is 137 Å². The molecule has 1 aliphatic rings. The van der Waals surface area contributed by atoms with Gasteiger partial charge in [0, 0.05) is 64.3 Å². The number of amides is 1. The summed E-state index contributed by atoms with van der Waals surface area (Å²) in [5, 5.41) is 0. The van der Waals surface area contributed by atoms with Crippen molar-refractivity contribution in [1.82, 2.24) is 19.4 Å². The Morgan fingerprint density at radius 1 is 1.13 bits per heavy atom. The van der Waals surface area contributed by atoms with Gasteiger partial charge in [-0.3, -0.25) is 14.7 Å². The number of rotatable bonds is 5. The molecule has 5 heteroatoms. The third-order valence-electron chi connectivity index (χ3n) is 4.48. The first kappa shape index (κ1) is 15.7. The minimum absolute atomic E-state index is 0.267. The van der Waals surface area contributed by atoms with E-state index in [1.165, 1.54) is 5.69 Å². The van der Waals surface area contributed by atoms with Crippen LogP contribution in [0.25, 0.3) is 0 Å². The number of aryl methyl sites for hydroxylation is 2. The lowest BCUT2D eigenvalue weighted by Crippen LogP contribution is -2.48. The first-order valence-corrected chi connectivity index (χ1v) is 8.22. The zero-order chi connectivity index (χ0) is 16.1. The summed E-state index contributed by atoms with van der Waals surface area (Å²) in [6.07, 6.45) is 5.27. The molecule has 0 aliphatic carbocycles. The number of hydrogen-bond donors (Lipinski definition) is 0. The molecule has 0 saturated carbocycles. The van der Waals surface area contributed by atoms with Gasteiger partial charge < -0.3 is 9.47 Å². The highest BCUT2D eigenvalue weighted by molar-refractivity contribution is 5.76. The second-order valence-electron chi connectivity index (χ2n) is 6.09. The third kappa shape index (κ3) is 4.20. The lowest BCUT2D eigenvalue weighted by Gasteiger charge is -2.34. The minimum Gasteiger partial charge on any atom is -0.354 e. The first-order valence-electron chi connectivity index (χ1n) is 8.22. The van der Waals surface area contributed by atoms with Crippen LogP contribution in [0.3, 0.4) is 0 Å². The normalized spacial score (nSPS) is 15.8. The second-order valence-corrected chi connectivity index (χ2v) is 6.09. The molecule has 1 fully saturated rings. The maximum absolute atomic E-state index is 12.4. The van der Waals surface area contributed by atoms with Gasteiger partial charge in [0.05, 0.1) is 5.69 Å². The van der Waals surface area contributed by atoms with Crippen LogP contribution in [-0.2, 0) is 24.8 Å². The monoisotopic (exact) mass is 312 g/mol. The van der Waals surface area contributed by atoms with E-state index in [1.54, 1.807) is 0 Å². The molecular weight excluding hydrogens is 288 g/mol. The summed E-state index contributed by atoms with van der Waals surface area (Å²) < 4.78 is 2.08. The molecule has 0 bridgehead atoms. The Morgan fingerprint density at radius 2 is 1.96 bits per heavy atom. The molecule has 5 nitrogen and oxygen atoms in total. The highest BCUT2D eigenvalue weighted by Gasteiger charge is 2.21. The number of piperazine rings is 1. The Balaban J connectivity index is 1.43. The van der Waals surface area contributed by atoms with Crippen molar-refractivity contribution < 1.29 is 4.79 Å². The first-order chi connectivity index (χ1) is 11.2. The third-order valence-corrected chi connectivity index (χ3v) is 4.48. The van der Waals surface area contributed by atoms with Gasteiger partial charge in [0.2, 0.25) is 5.91 Å². The molecule has 2 aromatic rings. The zero-order valence-corrected chi connectivity index (χ0v) is 13.7. The predicted molar refractivity (Wildman–Crippen MR) is 89.8 cm³/mol. The topological polar surface area (TPSA) is 41.4 Å². The number of pyridine rings is 1. The summed E-state index contributed by atoms with van der Waals surface area (Å²) in [5.74, 6) is 0.267. The van der Waals surface area contributed by atoms with E-state index in [1.807, 2.05) is 42.5 Å². The van der Waals surface area contributed by atoms with E-state index in [2.05, 4.69) is 26.6 Å². The van der Waals surface area contributed by atoms with E-state index in [4.69, 9.17) is 0 Å². The molecule has 0 N–H and O–H groups in total. The van der Waals surface area contributed by atoms with Crippen LogP contribution in [-0.4, -0.2) is 51.4 Å². The van der Waals surface area contributed by atoms with Crippen molar-refractivity contribution in [3.8, 4) is 0 Å². The van der Waals surface area contributed by atoms with E-state index in [0.29, 0.717) is 6.42 Å². The van der Waals surface area contributed by atoms with E-state index < -0.39 is 0 Å². The van der Waals surface area contributed by atoms with Gasteiger partial charge in [-0.25, -0.2) is 0 Å². The van der Waals surface area contributed by atoms with Gasteiger partial charge in [-0.2, -0.15) is 0 Å². The van der Waals surface area contributed by atoms with Crippen molar-refractivity contribution in [3.63, 3.8) is 0 Å². The maximum Gasteiger partial charge on any atom is 0.223 e. The fourth-order valence-electron chi connectivity index (χ4n) is 3.03. The number of hydrogen-bond acceptors (Lipinski definition) is 3. The summed E-state index contributed by atoms with van der Waals surface area (Å²) in [5.41, 5.74) is 2.31. The quantitative estimate of drug-likeness (QED) is 0.844. The van der Waals surface area contributed by atoms with Crippen LogP contribution in [0.15, 0.2) is 42.7 Å². The molecule has 1 aliphatic heterocycles. The van der Waals surface area contributed by atoms with E-state index in [0.717, 1.165) is 44.8 Å². The molecule has 122 valence electrons. The van der Waals surface area contributed by atoms with Crippen molar-refractivity contribution in [3.05, 3.63) is 54.1 Å². The van der Waals surface area contributed by atoms with Crippen LogP contribution < -0.4 is 0 Å². The lowest BCUT2D eigenvalue weighted by atomic mass is 10.2. The van der Waals surface area contributed by atoms with Crippen LogP contribution in [0, 0.1) is 0 Å². The standard InChI is InChI=1S/C18H24N4O/c1-20-10-4-6-17(20)7-8-18(23)22-13-11-21(12-14-22)15-16-5-2-3-9-19-16/h2-6,9-10H,7-8,11-15H2,1H3. The number of aromatic nitrogens is 2. The van der Waals surface area contributed by atoms with Gasteiger partial charge in [0.1, 0.15) is 0 Å². The van der Waals surface area contributed by atoms with Crippen molar-refractivity contribution in [1.29, 1.82) is 0 Å². The van der Waals surface area contributed by atoms with Crippen LogP contribution >= 0.6 is 0 Å². The predicted octanol–water partition coefficient (Wildman–Crippen LogP) is 1.70. The summed E-state index contributed by atoms with van der Waals surface area (Å²) >= 11 is 0. The largest absolute Gasteiger partial charge is 0.354 e. The maximum atomic E-state index is 12.4. The molecule has 0 atom stereocenters. The summed E-state index contributed by atoms with van der Waals surface area (Å²) in [4.78, 5) is 21.1. The second kappa shape index (κ2) is 7.42. The highest BCUT2D eigenvalue weighted by atomic mass is 16.2. The van der Waals surface area contributed by atoms with Crippen molar-refractivity contribution in [2.45, 2.75) is 19.4 Å². The molecule has 0 spiro atoms. The molecule has 0 aromatic carbocycles. The molecule has 3 rings (SSSR count). The highest BCUT2D eigenvalue weighted by Crippen LogP contribution is 2.10. The fourth-order valence-corrected chi connectivity index (χ4v) is 3.03. The van der Waals surface area contributed by atoms with Crippen molar-refractivity contribution in [2.24, 2.45) is 7.05 Å². The number of nitrogens with zero attached hydrogens (tertiary/aromatic N) is 4. The Kier molecular flexibility index (Phi) is 5.08. The van der Waals surface area contributed by atoms with Gasteiger partial charge in [0.15, 0.2) is 0 Å². The molecule has 1 saturated heterocycles. The molecule has 0 radical (unpaired) electrons. The summed E-state index contributed by atoms with van der Waals surface area (Å²) in [6.45, 7) is 4.35. The zero-order valence-electron chi connectivity index (χ0n) is 13.7. The van der Waals surface area contributed by atoms with Gasteiger partial charge in [0.25, 0.3) is 0 Å². The van der Waals surface area contributed by atoms with Crippen LogP contribution in [0.5, 0.6) is 0 Å². The van der Waals surface area contributed by atoms with Crippen LogP contribution in [0.4, 0.5) is 0 Å². The SMILES string of the molecule is Cn1cccc1CCC(=O)N1CCN(Cc2ccccn2)CC1. The average Bonchev–Trinajstić information content (AvgIpc) is 2.99. The molecule has 2 aromatic heterocycles.